The summed E-state index contributed by atoms with van der Waals surface area (Å²) >= 11 is 0. The molecule has 0 bridgehead atoms. The summed E-state index contributed by atoms with van der Waals surface area (Å²) in [4.78, 5) is 40.6. The molecule has 46 heavy (non-hydrogen) atoms. The number of nitrogens with zero attached hydrogens (tertiary/aromatic N) is 5. The fraction of sp³-hybridized carbons (Fsp3) is 0.387. The third-order valence-corrected chi connectivity index (χ3v) is 7.64. The van der Waals surface area contributed by atoms with Crippen molar-refractivity contribution in [2.24, 2.45) is 0 Å². The van der Waals surface area contributed by atoms with Gasteiger partial charge in [-0.15, -0.1) is 0 Å². The minimum absolute atomic E-state index is 0.104. The predicted octanol–water partition coefficient (Wildman–Crippen LogP) is 4.27. The Balaban J connectivity index is 1.57. The minimum Gasteiger partial charge on any atom is -0.493 e. The van der Waals surface area contributed by atoms with E-state index >= 15 is 0 Å². The predicted molar refractivity (Wildman–Crippen MR) is 162 cm³/mol. The van der Waals surface area contributed by atoms with E-state index in [2.05, 4.69) is 15.3 Å². The Labute approximate surface area is 262 Å². The molecule has 4 N–H and O–H groups in total. The second-order valence-electron chi connectivity index (χ2n) is 10.9. The average molecular weight is 642 g/mol. The second kappa shape index (κ2) is 12.9. The molecule has 244 valence electrons. The molecule has 0 saturated carbocycles. The number of pyridine rings is 1. The maximum Gasteiger partial charge on any atom is 0.416 e. The van der Waals surface area contributed by atoms with Crippen LogP contribution in [-0.2, 0) is 22.1 Å². The summed E-state index contributed by atoms with van der Waals surface area (Å²) in [7, 11) is 0. The lowest BCUT2D eigenvalue weighted by Crippen LogP contribution is -2.51. The van der Waals surface area contributed by atoms with Crippen LogP contribution in [0.3, 0.4) is 0 Å². The first kappa shape index (κ1) is 32.6. The van der Waals surface area contributed by atoms with Crippen LogP contribution in [-0.4, -0.2) is 73.1 Å². The van der Waals surface area contributed by atoms with Crippen LogP contribution >= 0.6 is 0 Å². The molecule has 3 aromatic heterocycles. The summed E-state index contributed by atoms with van der Waals surface area (Å²) in [6, 6.07) is 5.85. The van der Waals surface area contributed by atoms with Gasteiger partial charge >= 0.3 is 6.18 Å². The second-order valence-corrected chi connectivity index (χ2v) is 10.9. The number of aliphatic hydroxyl groups excluding tert-OH is 1. The zero-order chi connectivity index (χ0) is 33.3. The first-order valence-corrected chi connectivity index (χ1v) is 14.7. The SMILES string of the molecule is CCOc1cc(C(=O)Nc2cc(C(F)(F)F)ccn2)ccc1-c1nc([C@H]2CN(C(=O)[C@H](C)O)[C@@H](C)CO2)n2c(CC)cnc(N)c12. The molecule has 0 radical (unpaired) electrons. The van der Waals surface area contributed by atoms with E-state index < -0.39 is 35.8 Å². The number of nitrogen functional groups attached to an aromatic ring is 1. The molecule has 12 nitrogen and oxygen atoms in total. The van der Waals surface area contributed by atoms with Crippen LogP contribution in [0, 0.1) is 0 Å². The molecule has 2 amide bonds. The van der Waals surface area contributed by atoms with Gasteiger partial charge in [-0.2, -0.15) is 13.2 Å². The van der Waals surface area contributed by atoms with Crippen LogP contribution in [0.5, 0.6) is 5.75 Å². The molecule has 3 atom stereocenters. The number of halogens is 3. The zero-order valence-electron chi connectivity index (χ0n) is 25.6. The normalized spacial score (nSPS) is 17.6. The largest absolute Gasteiger partial charge is 0.493 e. The quantitative estimate of drug-likeness (QED) is 0.256. The smallest absolute Gasteiger partial charge is 0.416 e. The number of hydrogen-bond acceptors (Lipinski definition) is 9. The Morgan fingerprint density at radius 3 is 2.65 bits per heavy atom. The Hall–Kier alpha value is -4.76. The number of imidazole rings is 1. The molecule has 4 heterocycles. The Morgan fingerprint density at radius 1 is 1.22 bits per heavy atom. The summed E-state index contributed by atoms with van der Waals surface area (Å²) in [6.45, 7) is 7.52. The van der Waals surface area contributed by atoms with E-state index in [0.29, 0.717) is 29.0 Å². The number of nitrogens with one attached hydrogen (secondary N) is 1. The number of rotatable bonds is 8. The summed E-state index contributed by atoms with van der Waals surface area (Å²) in [6.07, 6.45) is -3.29. The van der Waals surface area contributed by atoms with Crippen molar-refractivity contribution in [1.82, 2.24) is 24.3 Å². The molecule has 1 fully saturated rings. The third-order valence-electron chi connectivity index (χ3n) is 7.64. The minimum atomic E-state index is -4.60. The van der Waals surface area contributed by atoms with Gasteiger partial charge in [0.05, 0.1) is 31.4 Å². The third kappa shape index (κ3) is 6.33. The van der Waals surface area contributed by atoms with Crippen molar-refractivity contribution in [3.8, 4) is 17.0 Å². The van der Waals surface area contributed by atoms with Gasteiger partial charge in [0.25, 0.3) is 11.8 Å². The van der Waals surface area contributed by atoms with Crippen LogP contribution < -0.4 is 15.8 Å². The number of aromatic nitrogens is 4. The van der Waals surface area contributed by atoms with Crippen molar-refractivity contribution in [3.05, 3.63) is 65.4 Å². The number of morpholine rings is 1. The standard InChI is InChI=1S/C31H34F3N7O5/c1-5-20-13-37-27(35)26-25(39-28(41(20)26)23-14-40(16(3)15-46-23)30(44)17(4)42)21-8-7-18(11-22(21)45-6-2)29(43)38-24-12-19(9-10-36-24)31(32,33)34/h7-13,16-17,23,42H,5-6,14-15H2,1-4H3,(H2,35,37)(H,36,38,43)/t16-,17-,23+/m0/s1. The molecular weight excluding hydrogens is 607 g/mol. The van der Waals surface area contributed by atoms with Gasteiger partial charge in [-0.25, -0.2) is 15.0 Å². The van der Waals surface area contributed by atoms with E-state index in [1.165, 1.54) is 19.1 Å². The number of benzene rings is 1. The molecule has 1 aliphatic rings. The van der Waals surface area contributed by atoms with Crippen molar-refractivity contribution >= 4 is 29.0 Å². The lowest BCUT2D eigenvalue weighted by atomic mass is 10.1. The van der Waals surface area contributed by atoms with Gasteiger partial charge in [0.1, 0.15) is 46.6 Å². The molecule has 1 aromatic carbocycles. The summed E-state index contributed by atoms with van der Waals surface area (Å²) in [5, 5.41) is 12.4. The van der Waals surface area contributed by atoms with E-state index in [1.807, 2.05) is 18.2 Å². The molecule has 15 heteroatoms. The molecule has 1 aliphatic heterocycles. The van der Waals surface area contributed by atoms with Crippen molar-refractivity contribution in [2.75, 3.05) is 30.8 Å². The lowest BCUT2D eigenvalue weighted by molar-refractivity contribution is -0.152. The maximum absolute atomic E-state index is 13.2. The van der Waals surface area contributed by atoms with Gasteiger partial charge in [0.15, 0.2) is 0 Å². The van der Waals surface area contributed by atoms with Crippen LogP contribution in [0.15, 0.2) is 42.7 Å². The highest BCUT2D eigenvalue weighted by molar-refractivity contribution is 6.04. The van der Waals surface area contributed by atoms with Gasteiger partial charge in [-0.05, 0) is 57.5 Å². The average Bonchev–Trinajstić information content (AvgIpc) is 3.42. The fourth-order valence-electron chi connectivity index (χ4n) is 5.34. The van der Waals surface area contributed by atoms with Gasteiger partial charge in [0.2, 0.25) is 0 Å². The molecule has 0 spiro atoms. The van der Waals surface area contributed by atoms with E-state index in [-0.39, 0.29) is 48.7 Å². The van der Waals surface area contributed by atoms with Crippen LogP contribution in [0.1, 0.15) is 61.2 Å². The van der Waals surface area contributed by atoms with Crippen molar-refractivity contribution in [2.45, 2.75) is 58.5 Å². The topological polar surface area (TPSA) is 157 Å². The van der Waals surface area contributed by atoms with Gasteiger partial charge in [-0.3, -0.25) is 14.0 Å². The van der Waals surface area contributed by atoms with Gasteiger partial charge < -0.3 is 30.5 Å². The van der Waals surface area contributed by atoms with Crippen LogP contribution in [0.4, 0.5) is 24.8 Å². The molecule has 4 aromatic rings. The van der Waals surface area contributed by atoms with Crippen molar-refractivity contribution in [3.63, 3.8) is 0 Å². The number of fused-ring (bicyclic) bond motifs is 1. The maximum atomic E-state index is 13.2. The van der Waals surface area contributed by atoms with E-state index in [0.717, 1.165) is 24.0 Å². The van der Waals surface area contributed by atoms with E-state index in [1.54, 1.807) is 24.1 Å². The van der Waals surface area contributed by atoms with Gasteiger partial charge in [0, 0.05) is 29.2 Å². The Morgan fingerprint density at radius 2 is 1.98 bits per heavy atom. The number of aliphatic hydroxyl groups is 1. The Bertz CT molecular complexity index is 1780. The highest BCUT2D eigenvalue weighted by atomic mass is 19.4. The number of anilines is 2. The summed E-state index contributed by atoms with van der Waals surface area (Å²) < 4.78 is 53.4. The first-order chi connectivity index (χ1) is 21.8. The number of hydrogen-bond donors (Lipinski definition) is 3. The number of carbonyl (C=O) groups is 2. The summed E-state index contributed by atoms with van der Waals surface area (Å²) in [5.41, 5.74) is 7.69. The molecular formula is C31H34F3N7O5. The molecule has 1 saturated heterocycles. The number of nitrogens with two attached hydrogens (primary N) is 1. The number of alkyl halides is 3. The highest BCUT2D eigenvalue weighted by Gasteiger charge is 2.36. The van der Waals surface area contributed by atoms with E-state index in [9.17, 15) is 27.9 Å². The number of carbonyl (C=O) groups excluding carboxylic acids is 2. The van der Waals surface area contributed by atoms with E-state index in [4.69, 9.17) is 20.2 Å². The van der Waals surface area contributed by atoms with Crippen molar-refractivity contribution < 1.29 is 37.3 Å². The van der Waals surface area contributed by atoms with Crippen LogP contribution in [0.25, 0.3) is 16.8 Å². The fourth-order valence-corrected chi connectivity index (χ4v) is 5.34. The Kier molecular flexibility index (Phi) is 9.17. The lowest BCUT2D eigenvalue weighted by Gasteiger charge is -2.38. The number of aryl methyl sites for hydroxylation is 1. The van der Waals surface area contributed by atoms with Crippen molar-refractivity contribution in [1.29, 1.82) is 0 Å². The molecule has 5 rings (SSSR count). The number of amides is 2. The summed E-state index contributed by atoms with van der Waals surface area (Å²) in [5.74, 6) is -0.479. The molecule has 0 aliphatic carbocycles. The zero-order valence-corrected chi connectivity index (χ0v) is 25.6. The first-order valence-electron chi connectivity index (χ1n) is 14.7. The van der Waals surface area contributed by atoms with Crippen LogP contribution in [0.2, 0.25) is 0 Å². The highest BCUT2D eigenvalue weighted by Crippen LogP contribution is 2.39. The monoisotopic (exact) mass is 641 g/mol. The number of ether oxygens (including phenoxy) is 2. The molecule has 0 unspecified atom stereocenters. The van der Waals surface area contributed by atoms with Gasteiger partial charge in [-0.1, -0.05) is 6.92 Å².